The molecule has 0 radical (unpaired) electrons. The molecule has 1 aliphatic heterocycles. The van der Waals surface area contributed by atoms with Crippen LogP contribution in [0.25, 0.3) is 0 Å². The van der Waals surface area contributed by atoms with Crippen molar-refractivity contribution in [3.05, 3.63) is 18.7 Å². The first kappa shape index (κ1) is 12.1. The molecule has 0 saturated carbocycles. The molecule has 0 unspecified atom stereocenters. The minimum atomic E-state index is 0.0650. The van der Waals surface area contributed by atoms with Crippen LogP contribution in [0.1, 0.15) is 12.8 Å². The molecule has 0 aliphatic carbocycles. The second kappa shape index (κ2) is 4.87. The van der Waals surface area contributed by atoms with Crippen LogP contribution >= 0.6 is 0 Å². The van der Waals surface area contributed by atoms with E-state index < -0.39 is 0 Å². The maximum atomic E-state index is 12.2. The summed E-state index contributed by atoms with van der Waals surface area (Å²) in [4.78, 5) is 15.7. The highest BCUT2D eigenvalue weighted by molar-refractivity contribution is 5.76. The molecule has 0 spiro atoms. The van der Waals surface area contributed by atoms with E-state index in [0.29, 0.717) is 6.04 Å². The van der Waals surface area contributed by atoms with Gasteiger partial charge in [0.15, 0.2) is 0 Å². The van der Waals surface area contributed by atoms with E-state index in [-0.39, 0.29) is 6.03 Å². The Balaban J connectivity index is 2.00. The van der Waals surface area contributed by atoms with Crippen molar-refractivity contribution < 1.29 is 14.3 Å². The van der Waals surface area contributed by atoms with Crippen LogP contribution in [-0.4, -0.2) is 48.7 Å². The molecule has 0 aromatic carbocycles. The van der Waals surface area contributed by atoms with Crippen LogP contribution in [0.15, 0.2) is 18.7 Å². The predicted molar refractivity (Wildman–Crippen MR) is 63.8 cm³/mol. The second-order valence-corrected chi connectivity index (χ2v) is 5.07. The lowest BCUT2D eigenvalue weighted by Gasteiger charge is -2.31. The van der Waals surface area contributed by atoms with Crippen molar-refractivity contribution in [3.8, 4) is 0 Å². The van der Waals surface area contributed by atoms with E-state index in [2.05, 4.69) is 7.05 Å². The molecule has 5 heteroatoms. The highest BCUT2D eigenvalue weighted by Gasteiger charge is 2.28. The van der Waals surface area contributed by atoms with Crippen molar-refractivity contribution >= 4 is 6.03 Å². The maximum absolute atomic E-state index is 12.2. The summed E-state index contributed by atoms with van der Waals surface area (Å²) in [5.41, 5.74) is 0. The Hall–Kier alpha value is -1.36. The molecule has 1 fully saturated rings. The van der Waals surface area contributed by atoms with E-state index >= 15 is 0 Å². The topological polar surface area (TPSA) is 33.6 Å². The number of aryl methyl sites for hydroxylation is 1. The molecule has 5 nitrogen and oxygen atoms in total. The van der Waals surface area contributed by atoms with Gasteiger partial charge in [-0.2, -0.15) is 4.57 Å². The van der Waals surface area contributed by atoms with Crippen molar-refractivity contribution in [2.24, 2.45) is 7.05 Å². The van der Waals surface area contributed by atoms with Gasteiger partial charge in [0.1, 0.15) is 12.4 Å². The molecule has 0 bridgehead atoms. The number of likely N-dealkylation sites (tertiary alicyclic amines) is 1. The third kappa shape index (κ3) is 2.66. The molecule has 17 heavy (non-hydrogen) atoms. The average molecular weight is 238 g/mol. The largest absolute Gasteiger partial charge is 0.415 e. The number of imidazole rings is 1. The van der Waals surface area contributed by atoms with E-state index in [1.807, 2.05) is 29.8 Å². The van der Waals surface area contributed by atoms with E-state index in [9.17, 15) is 4.79 Å². The molecule has 1 aromatic rings. The summed E-state index contributed by atoms with van der Waals surface area (Å²) in [7, 11) is 6.04. The Kier molecular flexibility index (Phi) is 3.47. The SMILES string of the molecule is CN(C(=O)n1cc[n+](C)c1)C1CC[NH+](C)CC1. The lowest BCUT2D eigenvalue weighted by Crippen LogP contribution is -3.10. The number of nitrogens with zero attached hydrogens (tertiary/aromatic N) is 3. The Bertz CT molecular complexity index is 393. The first-order valence-electron chi connectivity index (χ1n) is 6.19. The fourth-order valence-electron chi connectivity index (χ4n) is 2.38. The second-order valence-electron chi connectivity index (χ2n) is 5.07. The highest BCUT2D eigenvalue weighted by atomic mass is 16.2. The Labute approximate surface area is 102 Å². The minimum absolute atomic E-state index is 0.0650. The van der Waals surface area contributed by atoms with Gasteiger partial charge < -0.3 is 9.80 Å². The fraction of sp³-hybridized carbons (Fsp3) is 0.667. The molecule has 1 aromatic heterocycles. The standard InChI is InChI=1S/C12H21N4O/c1-13-6-4-11(5-7-13)15(3)12(17)16-9-8-14(2)10-16/h8-11H,4-7H2,1-3H3/q+1/p+1. The Morgan fingerprint density at radius 1 is 1.47 bits per heavy atom. The summed E-state index contributed by atoms with van der Waals surface area (Å²) in [6.07, 6.45) is 7.69. The van der Waals surface area contributed by atoms with Crippen molar-refractivity contribution in [2.75, 3.05) is 27.2 Å². The first-order chi connectivity index (χ1) is 8.08. The van der Waals surface area contributed by atoms with Crippen LogP contribution < -0.4 is 9.47 Å². The molecular formula is C12H22N4O+2. The maximum Gasteiger partial charge on any atom is 0.415 e. The van der Waals surface area contributed by atoms with Gasteiger partial charge in [0.2, 0.25) is 0 Å². The number of hydrogen-bond acceptors (Lipinski definition) is 1. The van der Waals surface area contributed by atoms with Gasteiger partial charge in [0.05, 0.1) is 27.2 Å². The summed E-state index contributed by atoms with van der Waals surface area (Å²) >= 11 is 0. The monoisotopic (exact) mass is 238 g/mol. The number of rotatable bonds is 1. The molecule has 1 aliphatic rings. The molecule has 0 atom stereocenters. The first-order valence-corrected chi connectivity index (χ1v) is 6.19. The van der Waals surface area contributed by atoms with Gasteiger partial charge in [-0.15, -0.1) is 0 Å². The highest BCUT2D eigenvalue weighted by Crippen LogP contribution is 2.09. The molecule has 1 amide bonds. The zero-order chi connectivity index (χ0) is 12.4. The van der Waals surface area contributed by atoms with Crippen molar-refractivity contribution in [1.29, 1.82) is 0 Å². The number of piperidine rings is 1. The van der Waals surface area contributed by atoms with Crippen LogP contribution in [0, 0.1) is 0 Å². The van der Waals surface area contributed by atoms with Gasteiger partial charge in [-0.1, -0.05) is 0 Å². The summed E-state index contributed by atoms with van der Waals surface area (Å²) in [6, 6.07) is 0.453. The molecule has 1 N–H and O–H groups in total. The van der Waals surface area contributed by atoms with Crippen LogP contribution in [0.3, 0.4) is 0 Å². The zero-order valence-electron chi connectivity index (χ0n) is 10.9. The molecule has 1 saturated heterocycles. The average Bonchev–Trinajstić information content (AvgIpc) is 2.75. The number of carbonyl (C=O) groups is 1. The normalized spacial score (nSPS) is 24.6. The third-order valence-corrected chi connectivity index (χ3v) is 3.65. The summed E-state index contributed by atoms with van der Waals surface area (Å²) in [6.45, 7) is 2.31. The number of carbonyl (C=O) groups excluding carboxylic acids is 1. The van der Waals surface area contributed by atoms with E-state index in [0.717, 1.165) is 25.9 Å². The third-order valence-electron chi connectivity index (χ3n) is 3.65. The predicted octanol–water partition coefficient (Wildman–Crippen LogP) is -1.11. The van der Waals surface area contributed by atoms with Gasteiger partial charge in [0, 0.05) is 25.9 Å². The van der Waals surface area contributed by atoms with E-state index in [1.165, 1.54) is 0 Å². The molecule has 2 rings (SSSR count). The number of hydrogen-bond donors (Lipinski definition) is 1. The quantitative estimate of drug-likeness (QED) is 0.619. The Morgan fingerprint density at radius 2 is 2.12 bits per heavy atom. The smallest absolute Gasteiger partial charge is 0.337 e. The number of aromatic nitrogens is 2. The van der Waals surface area contributed by atoms with Crippen LogP contribution in [-0.2, 0) is 7.05 Å². The van der Waals surface area contributed by atoms with Gasteiger partial charge in [-0.05, 0) is 0 Å². The molecule has 94 valence electrons. The van der Waals surface area contributed by atoms with Gasteiger partial charge in [-0.25, -0.2) is 9.36 Å². The lowest BCUT2D eigenvalue weighted by molar-refractivity contribution is -0.885. The van der Waals surface area contributed by atoms with Crippen LogP contribution in [0.2, 0.25) is 0 Å². The number of nitrogens with one attached hydrogen (secondary N) is 1. The van der Waals surface area contributed by atoms with Gasteiger partial charge >= 0.3 is 6.03 Å². The van der Waals surface area contributed by atoms with E-state index in [1.54, 1.807) is 22.0 Å². The van der Waals surface area contributed by atoms with Gasteiger partial charge in [0.25, 0.3) is 6.33 Å². The van der Waals surface area contributed by atoms with Gasteiger partial charge in [-0.3, -0.25) is 0 Å². The number of quaternary nitrogens is 1. The fourth-order valence-corrected chi connectivity index (χ4v) is 2.38. The van der Waals surface area contributed by atoms with Crippen molar-refractivity contribution in [3.63, 3.8) is 0 Å². The van der Waals surface area contributed by atoms with Crippen LogP contribution in [0.5, 0.6) is 0 Å². The summed E-state index contributed by atoms with van der Waals surface area (Å²) in [5, 5.41) is 0. The minimum Gasteiger partial charge on any atom is -0.337 e. The zero-order valence-corrected chi connectivity index (χ0v) is 10.9. The number of amides is 1. The van der Waals surface area contributed by atoms with Crippen molar-refractivity contribution in [2.45, 2.75) is 18.9 Å². The van der Waals surface area contributed by atoms with E-state index in [4.69, 9.17) is 0 Å². The van der Waals surface area contributed by atoms with Crippen LogP contribution in [0.4, 0.5) is 4.79 Å². The Morgan fingerprint density at radius 3 is 2.65 bits per heavy atom. The molecular weight excluding hydrogens is 216 g/mol. The molecule has 2 heterocycles. The lowest BCUT2D eigenvalue weighted by atomic mass is 10.0. The van der Waals surface area contributed by atoms with Crippen molar-refractivity contribution in [1.82, 2.24) is 9.47 Å². The summed E-state index contributed by atoms with van der Waals surface area (Å²) < 4.78 is 3.52. The summed E-state index contributed by atoms with van der Waals surface area (Å²) in [5.74, 6) is 0.